The van der Waals surface area contributed by atoms with Crippen molar-refractivity contribution in [1.29, 1.82) is 0 Å². The van der Waals surface area contributed by atoms with Gasteiger partial charge in [-0.25, -0.2) is 13.3 Å². The van der Waals surface area contributed by atoms with Crippen LogP contribution in [0, 0.1) is 11.6 Å². The molecule has 2 nitrogen and oxygen atoms in total. The molecule has 0 aromatic carbocycles. The van der Waals surface area contributed by atoms with Gasteiger partial charge in [-0.05, 0) is 34.0 Å². The summed E-state index contributed by atoms with van der Waals surface area (Å²) in [4.78, 5) is 0. The van der Waals surface area contributed by atoms with Crippen LogP contribution in [0.25, 0.3) is 5.52 Å². The Labute approximate surface area is 94.0 Å². The molecule has 2 aromatic rings. The smallest absolute Gasteiger partial charge is 0.171 e. The van der Waals surface area contributed by atoms with Crippen LogP contribution in [-0.2, 0) is 6.42 Å². The first-order valence-corrected chi connectivity index (χ1v) is 5.44. The highest BCUT2D eigenvalue weighted by Gasteiger charge is 2.15. The van der Waals surface area contributed by atoms with Crippen LogP contribution in [0.1, 0.15) is 18.9 Å². The normalized spacial score (nSPS) is 11.2. The Kier molecular flexibility index (Phi) is 2.73. The summed E-state index contributed by atoms with van der Waals surface area (Å²) in [5.74, 6) is -1.15. The second-order valence-electron chi connectivity index (χ2n) is 3.31. The molecule has 0 saturated carbocycles. The quantitative estimate of drug-likeness (QED) is 0.768. The maximum atomic E-state index is 13.8. The highest BCUT2D eigenvalue weighted by molar-refractivity contribution is 9.10. The average molecular weight is 275 g/mol. The number of hydrogen-bond donors (Lipinski definition) is 0. The van der Waals surface area contributed by atoms with Crippen molar-refractivity contribution >= 4 is 21.4 Å². The molecule has 0 amide bonds. The topological polar surface area (TPSA) is 17.3 Å². The predicted octanol–water partition coefficient (Wildman–Crippen LogP) is 3.33. The first-order chi connectivity index (χ1) is 7.15. The van der Waals surface area contributed by atoms with E-state index in [4.69, 9.17) is 0 Å². The number of pyridine rings is 1. The zero-order valence-corrected chi connectivity index (χ0v) is 9.68. The van der Waals surface area contributed by atoms with E-state index in [1.165, 1.54) is 4.52 Å². The van der Waals surface area contributed by atoms with Gasteiger partial charge in [-0.2, -0.15) is 5.10 Å². The van der Waals surface area contributed by atoms with Crippen molar-refractivity contribution in [2.24, 2.45) is 0 Å². The molecule has 0 aliphatic rings. The van der Waals surface area contributed by atoms with Gasteiger partial charge in [-0.1, -0.05) is 13.3 Å². The lowest BCUT2D eigenvalue weighted by Crippen LogP contribution is -1.99. The van der Waals surface area contributed by atoms with Crippen LogP contribution in [0.3, 0.4) is 0 Å². The van der Waals surface area contributed by atoms with Gasteiger partial charge in [0.05, 0.1) is 6.20 Å². The molecule has 0 spiro atoms. The third kappa shape index (κ3) is 1.65. The van der Waals surface area contributed by atoms with Gasteiger partial charge in [0.1, 0.15) is 10.1 Å². The summed E-state index contributed by atoms with van der Waals surface area (Å²) >= 11 is 3.23. The Balaban J connectivity index is 2.76. The molecule has 0 bridgehead atoms. The molecule has 0 unspecified atom stereocenters. The first kappa shape index (κ1) is 10.5. The number of hydrogen-bond acceptors (Lipinski definition) is 1. The van der Waals surface area contributed by atoms with Gasteiger partial charge in [0.25, 0.3) is 0 Å². The van der Waals surface area contributed by atoms with E-state index >= 15 is 0 Å². The van der Waals surface area contributed by atoms with E-state index in [2.05, 4.69) is 21.0 Å². The van der Waals surface area contributed by atoms with E-state index in [0.717, 1.165) is 12.6 Å². The zero-order valence-electron chi connectivity index (χ0n) is 8.10. The molecular formula is C10H9BrF2N2. The van der Waals surface area contributed by atoms with E-state index in [1.54, 1.807) is 6.07 Å². The molecule has 0 radical (unpaired) electrons. The Morgan fingerprint density at radius 1 is 1.47 bits per heavy atom. The third-order valence-corrected chi connectivity index (χ3v) is 2.79. The lowest BCUT2D eigenvalue weighted by Gasteiger charge is -2.05. The maximum absolute atomic E-state index is 13.8. The Bertz CT molecular complexity index is 508. The lowest BCUT2D eigenvalue weighted by molar-refractivity contribution is 0.589. The molecule has 0 aliphatic carbocycles. The number of aromatic nitrogens is 2. The van der Waals surface area contributed by atoms with E-state index in [9.17, 15) is 8.78 Å². The summed E-state index contributed by atoms with van der Waals surface area (Å²) in [6, 6.07) is 1.64. The van der Waals surface area contributed by atoms with Crippen LogP contribution in [0.5, 0.6) is 0 Å². The molecule has 80 valence electrons. The molecule has 0 fully saturated rings. The average Bonchev–Trinajstić information content (AvgIpc) is 2.57. The molecule has 2 rings (SSSR count). The van der Waals surface area contributed by atoms with Gasteiger partial charge in [0.2, 0.25) is 0 Å². The third-order valence-electron chi connectivity index (χ3n) is 2.23. The van der Waals surface area contributed by atoms with Crippen LogP contribution in [0.4, 0.5) is 8.78 Å². The van der Waals surface area contributed by atoms with E-state index < -0.39 is 11.6 Å². The first-order valence-electron chi connectivity index (χ1n) is 4.65. The van der Waals surface area contributed by atoms with Gasteiger partial charge in [0, 0.05) is 0 Å². The summed E-state index contributed by atoms with van der Waals surface area (Å²) < 4.78 is 28.8. The second-order valence-corrected chi connectivity index (χ2v) is 4.12. The molecule has 0 saturated heterocycles. The molecule has 0 atom stereocenters. The summed E-state index contributed by atoms with van der Waals surface area (Å²) in [6.45, 7) is 1.95. The lowest BCUT2D eigenvalue weighted by atomic mass is 10.1. The summed E-state index contributed by atoms with van der Waals surface area (Å²) in [6.07, 6.45) is 2.42. The fraction of sp³-hybridized carbons (Fsp3) is 0.300. The molecule has 2 heterocycles. The van der Waals surface area contributed by atoms with Crippen molar-refractivity contribution in [3.05, 3.63) is 34.1 Å². The largest absolute Gasteiger partial charge is 0.221 e. The SMILES string of the molecule is CCCc1cc(Br)n2ncc(F)c2c1F. The highest BCUT2D eigenvalue weighted by atomic mass is 79.9. The van der Waals surface area contributed by atoms with Crippen molar-refractivity contribution in [1.82, 2.24) is 9.61 Å². The van der Waals surface area contributed by atoms with Gasteiger partial charge >= 0.3 is 0 Å². The van der Waals surface area contributed by atoms with Gasteiger partial charge in [-0.15, -0.1) is 0 Å². The van der Waals surface area contributed by atoms with Crippen molar-refractivity contribution < 1.29 is 8.78 Å². The minimum absolute atomic E-state index is 0.0900. The fourth-order valence-corrected chi connectivity index (χ4v) is 2.11. The van der Waals surface area contributed by atoms with Crippen LogP contribution in [0.2, 0.25) is 0 Å². The van der Waals surface area contributed by atoms with Crippen LogP contribution in [0.15, 0.2) is 16.9 Å². The van der Waals surface area contributed by atoms with E-state index in [0.29, 0.717) is 16.6 Å². The summed E-state index contributed by atoms with van der Waals surface area (Å²) in [5, 5.41) is 3.73. The standard InChI is InChI=1S/C10H9BrF2N2/c1-2-3-6-4-8(11)15-10(9(6)13)7(12)5-14-15/h4-5H,2-3H2,1H3. The van der Waals surface area contributed by atoms with Gasteiger partial charge < -0.3 is 0 Å². The van der Waals surface area contributed by atoms with Gasteiger partial charge in [0.15, 0.2) is 11.6 Å². The molecule has 2 aromatic heterocycles. The Morgan fingerprint density at radius 3 is 2.87 bits per heavy atom. The Hall–Kier alpha value is -0.970. The maximum Gasteiger partial charge on any atom is 0.171 e. The molecular weight excluding hydrogens is 266 g/mol. The number of nitrogens with zero attached hydrogens (tertiary/aromatic N) is 2. The fourth-order valence-electron chi connectivity index (χ4n) is 1.56. The number of rotatable bonds is 2. The van der Waals surface area contributed by atoms with Crippen molar-refractivity contribution in [3.63, 3.8) is 0 Å². The molecule has 5 heteroatoms. The Morgan fingerprint density at radius 2 is 2.20 bits per heavy atom. The molecule has 0 N–H and O–H groups in total. The summed E-state index contributed by atoms with van der Waals surface area (Å²) in [5.41, 5.74) is 0.420. The predicted molar refractivity (Wildman–Crippen MR) is 56.8 cm³/mol. The molecule has 15 heavy (non-hydrogen) atoms. The van der Waals surface area contributed by atoms with Crippen molar-refractivity contribution in [3.8, 4) is 0 Å². The van der Waals surface area contributed by atoms with Crippen LogP contribution in [-0.4, -0.2) is 9.61 Å². The van der Waals surface area contributed by atoms with E-state index in [-0.39, 0.29) is 5.52 Å². The monoisotopic (exact) mass is 274 g/mol. The molecule has 0 aliphatic heterocycles. The van der Waals surface area contributed by atoms with Gasteiger partial charge in [-0.3, -0.25) is 0 Å². The number of fused-ring (bicyclic) bond motifs is 1. The van der Waals surface area contributed by atoms with E-state index in [1.807, 2.05) is 6.92 Å². The highest BCUT2D eigenvalue weighted by Crippen LogP contribution is 2.23. The minimum Gasteiger partial charge on any atom is -0.221 e. The van der Waals surface area contributed by atoms with Crippen LogP contribution < -0.4 is 0 Å². The van der Waals surface area contributed by atoms with Crippen molar-refractivity contribution in [2.75, 3.05) is 0 Å². The summed E-state index contributed by atoms with van der Waals surface area (Å²) in [7, 11) is 0. The second kappa shape index (κ2) is 3.89. The number of aryl methyl sites for hydroxylation is 1. The number of halogens is 3. The van der Waals surface area contributed by atoms with Crippen LogP contribution >= 0.6 is 15.9 Å². The minimum atomic E-state index is -0.633. The zero-order chi connectivity index (χ0) is 11.0. The van der Waals surface area contributed by atoms with Crippen molar-refractivity contribution in [2.45, 2.75) is 19.8 Å².